The Morgan fingerprint density at radius 1 is 1.60 bits per heavy atom. The standard InChI is InChI=1S/C7H6ClNO/c1-4-2-6-7(9-4)5(8)3-10-6/h2-3,9H,1H3. The van der Waals surface area contributed by atoms with Crippen LogP contribution in [0.25, 0.3) is 11.1 Å². The number of aromatic nitrogens is 1. The van der Waals surface area contributed by atoms with Gasteiger partial charge in [-0.25, -0.2) is 0 Å². The fourth-order valence-corrected chi connectivity index (χ4v) is 1.19. The summed E-state index contributed by atoms with van der Waals surface area (Å²) < 4.78 is 5.11. The minimum absolute atomic E-state index is 0.642. The molecule has 1 N–H and O–H groups in total. The summed E-state index contributed by atoms with van der Waals surface area (Å²) in [6.45, 7) is 1.96. The summed E-state index contributed by atoms with van der Waals surface area (Å²) >= 11 is 5.76. The van der Waals surface area contributed by atoms with E-state index in [0.717, 1.165) is 16.8 Å². The predicted molar refractivity (Wildman–Crippen MR) is 40.3 cm³/mol. The van der Waals surface area contributed by atoms with Gasteiger partial charge in [0.2, 0.25) is 0 Å². The molecule has 0 saturated carbocycles. The number of H-pyrrole nitrogens is 1. The molecule has 2 aromatic rings. The van der Waals surface area contributed by atoms with Gasteiger partial charge in [-0.1, -0.05) is 11.6 Å². The number of furan rings is 1. The molecule has 0 aliphatic rings. The lowest BCUT2D eigenvalue weighted by Crippen LogP contribution is -1.65. The number of halogens is 1. The van der Waals surface area contributed by atoms with Crippen molar-refractivity contribution in [2.24, 2.45) is 0 Å². The largest absolute Gasteiger partial charge is 0.461 e. The predicted octanol–water partition coefficient (Wildman–Crippen LogP) is 2.72. The molecule has 2 rings (SSSR count). The first kappa shape index (κ1) is 5.86. The monoisotopic (exact) mass is 155 g/mol. The van der Waals surface area contributed by atoms with Crippen LogP contribution in [0.4, 0.5) is 0 Å². The van der Waals surface area contributed by atoms with Crippen LogP contribution in [0.3, 0.4) is 0 Å². The van der Waals surface area contributed by atoms with Gasteiger partial charge in [-0.05, 0) is 6.92 Å². The van der Waals surface area contributed by atoms with E-state index in [0.29, 0.717) is 5.02 Å². The molecule has 0 unspecified atom stereocenters. The number of fused-ring (bicyclic) bond motifs is 1. The molecule has 10 heavy (non-hydrogen) atoms. The van der Waals surface area contributed by atoms with Crippen molar-refractivity contribution < 1.29 is 4.42 Å². The van der Waals surface area contributed by atoms with Gasteiger partial charge < -0.3 is 9.40 Å². The molecule has 0 aromatic carbocycles. The molecule has 52 valence electrons. The maximum atomic E-state index is 5.76. The fraction of sp³-hybridized carbons (Fsp3) is 0.143. The van der Waals surface area contributed by atoms with Crippen molar-refractivity contribution in [2.75, 3.05) is 0 Å². The van der Waals surface area contributed by atoms with Crippen molar-refractivity contribution in [2.45, 2.75) is 6.92 Å². The minimum atomic E-state index is 0.642. The van der Waals surface area contributed by atoms with Gasteiger partial charge in [0.25, 0.3) is 0 Å². The quantitative estimate of drug-likeness (QED) is 0.623. The van der Waals surface area contributed by atoms with E-state index in [-0.39, 0.29) is 0 Å². The Hall–Kier alpha value is -0.890. The van der Waals surface area contributed by atoms with Gasteiger partial charge in [-0.2, -0.15) is 0 Å². The van der Waals surface area contributed by atoms with E-state index in [1.165, 1.54) is 6.26 Å². The zero-order chi connectivity index (χ0) is 7.14. The number of aromatic amines is 1. The van der Waals surface area contributed by atoms with Crippen molar-refractivity contribution in [3.63, 3.8) is 0 Å². The van der Waals surface area contributed by atoms with Crippen LogP contribution in [0.15, 0.2) is 16.7 Å². The fourth-order valence-electron chi connectivity index (χ4n) is 1.01. The van der Waals surface area contributed by atoms with Crippen LogP contribution in [0, 0.1) is 6.92 Å². The van der Waals surface area contributed by atoms with E-state index in [1.54, 1.807) is 0 Å². The Labute approximate surface area is 62.8 Å². The second-order valence-electron chi connectivity index (χ2n) is 2.28. The van der Waals surface area contributed by atoms with Gasteiger partial charge in [0.1, 0.15) is 16.8 Å². The molecule has 0 atom stereocenters. The normalized spacial score (nSPS) is 11.0. The third kappa shape index (κ3) is 0.656. The van der Waals surface area contributed by atoms with Crippen molar-refractivity contribution in [3.05, 3.63) is 23.0 Å². The average molecular weight is 156 g/mol. The first-order valence-electron chi connectivity index (χ1n) is 2.99. The van der Waals surface area contributed by atoms with E-state index in [2.05, 4.69) is 4.98 Å². The molecule has 0 bridgehead atoms. The molecule has 0 amide bonds. The maximum Gasteiger partial charge on any atom is 0.153 e. The molecule has 0 spiro atoms. The molecule has 0 saturated heterocycles. The van der Waals surface area contributed by atoms with Crippen molar-refractivity contribution >= 4 is 22.7 Å². The van der Waals surface area contributed by atoms with Crippen molar-refractivity contribution in [1.82, 2.24) is 4.98 Å². The number of hydrogen-bond donors (Lipinski definition) is 1. The number of aryl methyl sites for hydroxylation is 1. The molecule has 0 aliphatic carbocycles. The maximum absolute atomic E-state index is 5.76. The number of hydrogen-bond acceptors (Lipinski definition) is 1. The van der Waals surface area contributed by atoms with Gasteiger partial charge in [0.05, 0.1) is 0 Å². The second-order valence-corrected chi connectivity index (χ2v) is 2.68. The first-order chi connectivity index (χ1) is 4.77. The lowest BCUT2D eigenvalue weighted by Gasteiger charge is -1.78. The molecular formula is C7H6ClNO. The Kier molecular flexibility index (Phi) is 1.05. The molecule has 0 radical (unpaired) electrons. The summed E-state index contributed by atoms with van der Waals surface area (Å²) in [5, 5.41) is 0.642. The lowest BCUT2D eigenvalue weighted by atomic mass is 10.5. The van der Waals surface area contributed by atoms with Crippen LogP contribution >= 0.6 is 11.6 Å². The van der Waals surface area contributed by atoms with E-state index in [4.69, 9.17) is 16.0 Å². The van der Waals surface area contributed by atoms with Gasteiger partial charge in [-0.3, -0.25) is 0 Å². The van der Waals surface area contributed by atoms with Crippen molar-refractivity contribution in [1.29, 1.82) is 0 Å². The van der Waals surface area contributed by atoms with Crippen molar-refractivity contribution in [3.8, 4) is 0 Å². The SMILES string of the molecule is Cc1cc2occ(Cl)c2[nH]1. The molecule has 2 heterocycles. The molecule has 2 aromatic heterocycles. The highest BCUT2D eigenvalue weighted by molar-refractivity contribution is 6.34. The summed E-state index contributed by atoms with van der Waals surface area (Å²) in [7, 11) is 0. The molecule has 0 fully saturated rings. The summed E-state index contributed by atoms with van der Waals surface area (Å²) in [6.07, 6.45) is 1.53. The minimum Gasteiger partial charge on any atom is -0.461 e. The Morgan fingerprint density at radius 3 is 3.10 bits per heavy atom. The van der Waals surface area contributed by atoms with Crippen LogP contribution in [-0.2, 0) is 0 Å². The van der Waals surface area contributed by atoms with Crippen LogP contribution < -0.4 is 0 Å². The topological polar surface area (TPSA) is 28.9 Å². The summed E-state index contributed by atoms with van der Waals surface area (Å²) in [6, 6.07) is 1.92. The van der Waals surface area contributed by atoms with E-state index in [9.17, 15) is 0 Å². The highest BCUT2D eigenvalue weighted by atomic mass is 35.5. The van der Waals surface area contributed by atoms with Gasteiger partial charge >= 0.3 is 0 Å². The smallest absolute Gasteiger partial charge is 0.153 e. The Bertz CT molecular complexity index is 360. The van der Waals surface area contributed by atoms with Crippen LogP contribution in [-0.4, -0.2) is 4.98 Å². The zero-order valence-electron chi connectivity index (χ0n) is 5.44. The average Bonchev–Trinajstić information content (AvgIpc) is 2.35. The second kappa shape index (κ2) is 1.80. The van der Waals surface area contributed by atoms with E-state index in [1.807, 2.05) is 13.0 Å². The Morgan fingerprint density at radius 2 is 2.40 bits per heavy atom. The van der Waals surface area contributed by atoms with Crippen LogP contribution in [0.1, 0.15) is 5.69 Å². The van der Waals surface area contributed by atoms with Gasteiger partial charge in [0, 0.05) is 11.8 Å². The third-order valence-electron chi connectivity index (χ3n) is 1.44. The molecular weight excluding hydrogens is 150 g/mol. The summed E-state index contributed by atoms with van der Waals surface area (Å²) in [4.78, 5) is 3.08. The van der Waals surface area contributed by atoms with Gasteiger partial charge in [-0.15, -0.1) is 0 Å². The van der Waals surface area contributed by atoms with E-state index < -0.39 is 0 Å². The number of rotatable bonds is 0. The van der Waals surface area contributed by atoms with E-state index >= 15 is 0 Å². The lowest BCUT2D eigenvalue weighted by molar-refractivity contribution is 0.616. The van der Waals surface area contributed by atoms with Crippen LogP contribution in [0.2, 0.25) is 5.02 Å². The number of nitrogens with one attached hydrogen (secondary N) is 1. The molecule has 0 aliphatic heterocycles. The third-order valence-corrected chi connectivity index (χ3v) is 1.72. The highest BCUT2D eigenvalue weighted by Crippen LogP contribution is 2.24. The zero-order valence-corrected chi connectivity index (χ0v) is 6.20. The summed E-state index contributed by atoms with van der Waals surface area (Å²) in [5.41, 5.74) is 2.78. The summed E-state index contributed by atoms with van der Waals surface area (Å²) in [5.74, 6) is 0. The molecule has 3 heteroatoms. The highest BCUT2D eigenvalue weighted by Gasteiger charge is 2.04. The first-order valence-corrected chi connectivity index (χ1v) is 3.37. The van der Waals surface area contributed by atoms with Crippen LogP contribution in [0.5, 0.6) is 0 Å². The van der Waals surface area contributed by atoms with Gasteiger partial charge in [0.15, 0.2) is 5.58 Å². The molecule has 2 nitrogen and oxygen atoms in total. The Balaban J connectivity index is 2.90.